The van der Waals surface area contributed by atoms with E-state index in [4.69, 9.17) is 28.4 Å². The van der Waals surface area contributed by atoms with Gasteiger partial charge in [-0.15, -0.1) is 0 Å². The molecule has 11 nitrogen and oxygen atoms in total. The quantitative estimate of drug-likeness (QED) is 0.313. The smallest absolute Gasteiger partial charge is 0.305 e. The van der Waals surface area contributed by atoms with E-state index in [1.807, 2.05) is 0 Å². The summed E-state index contributed by atoms with van der Waals surface area (Å²) in [6.07, 6.45) is -3.31. The maximum absolute atomic E-state index is 11.9. The maximum Gasteiger partial charge on any atom is 0.305 e. The van der Waals surface area contributed by atoms with Crippen LogP contribution in [0.5, 0.6) is 5.75 Å². The normalized spacial score (nSPS) is 24.6. The van der Waals surface area contributed by atoms with Gasteiger partial charge in [-0.2, -0.15) is 0 Å². The summed E-state index contributed by atoms with van der Waals surface area (Å²) in [5.74, 6) is -2.00. The van der Waals surface area contributed by atoms with Crippen molar-refractivity contribution in [2.45, 2.75) is 58.3 Å². The van der Waals surface area contributed by atoms with Crippen molar-refractivity contribution in [2.75, 3.05) is 13.7 Å². The molecule has 11 heteroatoms. The average molecular weight is 465 g/mol. The first-order valence-electron chi connectivity index (χ1n) is 10.1. The monoisotopic (exact) mass is 465 g/mol. The summed E-state index contributed by atoms with van der Waals surface area (Å²) in [7, 11) is 1.54. The van der Waals surface area contributed by atoms with Crippen LogP contribution in [-0.2, 0) is 42.9 Å². The molecule has 0 radical (unpaired) electrons. The van der Waals surface area contributed by atoms with E-state index in [1.54, 1.807) is 24.3 Å². The molecule has 1 unspecified atom stereocenters. The number of nitrogens with zero attached hydrogens (tertiary/aromatic N) is 1. The maximum atomic E-state index is 11.9. The van der Waals surface area contributed by atoms with Crippen LogP contribution in [0.3, 0.4) is 0 Å². The van der Waals surface area contributed by atoms with Crippen molar-refractivity contribution in [3.63, 3.8) is 0 Å². The SMILES string of the molecule is COc1ccc(/C=N/[C@H]2C(OC(C)=O)O[C@H](COC(C)=O)[C@@H](OC(C)=O)[C@@H]2OC(C)=O)cc1. The van der Waals surface area contributed by atoms with E-state index < -0.39 is 54.5 Å². The van der Waals surface area contributed by atoms with Gasteiger partial charge in [-0.3, -0.25) is 24.2 Å². The van der Waals surface area contributed by atoms with Gasteiger partial charge in [0.1, 0.15) is 18.5 Å². The summed E-state index contributed by atoms with van der Waals surface area (Å²) in [6.45, 7) is 4.37. The predicted octanol–water partition coefficient (Wildman–Crippen LogP) is 1.20. The lowest BCUT2D eigenvalue weighted by Gasteiger charge is -2.42. The molecule has 180 valence electrons. The summed E-state index contributed by atoms with van der Waals surface area (Å²) in [4.78, 5) is 51.1. The molecule has 0 bridgehead atoms. The third kappa shape index (κ3) is 7.86. The lowest BCUT2D eigenvalue weighted by atomic mass is 9.96. The Morgan fingerprint density at radius 1 is 0.879 bits per heavy atom. The Morgan fingerprint density at radius 3 is 1.97 bits per heavy atom. The Labute approximate surface area is 190 Å². The van der Waals surface area contributed by atoms with Crippen molar-refractivity contribution in [3.8, 4) is 5.75 Å². The zero-order chi connectivity index (χ0) is 24.5. The van der Waals surface area contributed by atoms with E-state index in [9.17, 15) is 19.2 Å². The van der Waals surface area contributed by atoms with E-state index in [1.165, 1.54) is 41.0 Å². The Bertz CT molecular complexity index is 882. The molecule has 2 rings (SSSR count). The molecule has 5 atom stereocenters. The van der Waals surface area contributed by atoms with Gasteiger partial charge in [0.15, 0.2) is 18.2 Å². The van der Waals surface area contributed by atoms with Crippen molar-refractivity contribution >= 4 is 30.1 Å². The number of esters is 4. The van der Waals surface area contributed by atoms with Gasteiger partial charge in [-0.05, 0) is 29.8 Å². The highest BCUT2D eigenvalue weighted by Gasteiger charge is 2.51. The molecule has 1 aromatic rings. The number of rotatable bonds is 8. The second-order valence-corrected chi connectivity index (χ2v) is 7.14. The van der Waals surface area contributed by atoms with Crippen LogP contribution < -0.4 is 4.74 Å². The highest BCUT2D eigenvalue weighted by molar-refractivity contribution is 5.80. The Kier molecular flexibility index (Phi) is 9.34. The zero-order valence-electron chi connectivity index (χ0n) is 19.0. The molecule has 0 aromatic heterocycles. The van der Waals surface area contributed by atoms with Gasteiger partial charge < -0.3 is 28.4 Å². The van der Waals surface area contributed by atoms with Crippen LogP contribution in [-0.4, -0.2) is 74.5 Å². The zero-order valence-corrected chi connectivity index (χ0v) is 19.0. The fraction of sp³-hybridized carbons (Fsp3) is 0.500. The number of methoxy groups -OCH3 is 1. The minimum Gasteiger partial charge on any atom is -0.497 e. The van der Waals surface area contributed by atoms with E-state index in [0.29, 0.717) is 11.3 Å². The standard InChI is InChI=1S/C22H27NO10/c1-12(24)29-11-18-20(30-13(2)25)21(31-14(3)26)19(22(33-18)32-15(4)27)23-10-16-6-8-17(28-5)9-7-16/h6-10,18-22H,11H2,1-5H3/b23-10+/t18-,19-,20-,21-,22?/m1/s1. The molecule has 1 saturated heterocycles. The van der Waals surface area contributed by atoms with Crippen LogP contribution in [0, 0.1) is 0 Å². The molecule has 0 saturated carbocycles. The minimum atomic E-state index is -1.31. The summed E-state index contributed by atoms with van der Waals surface area (Å²) in [5.41, 5.74) is 0.671. The van der Waals surface area contributed by atoms with Gasteiger partial charge in [0, 0.05) is 33.9 Å². The van der Waals surface area contributed by atoms with Crippen molar-refractivity contribution in [1.82, 2.24) is 0 Å². The molecule has 33 heavy (non-hydrogen) atoms. The van der Waals surface area contributed by atoms with Gasteiger partial charge in [0.2, 0.25) is 6.29 Å². The number of carbonyl (C=O) groups excluding carboxylic acids is 4. The Balaban J connectivity index is 2.45. The van der Waals surface area contributed by atoms with Crippen LogP contribution in [0.15, 0.2) is 29.3 Å². The second kappa shape index (κ2) is 12.0. The van der Waals surface area contributed by atoms with Crippen LogP contribution in [0.2, 0.25) is 0 Å². The van der Waals surface area contributed by atoms with Crippen molar-refractivity contribution in [1.29, 1.82) is 0 Å². The molecule has 0 amide bonds. The van der Waals surface area contributed by atoms with Crippen molar-refractivity contribution in [2.24, 2.45) is 4.99 Å². The van der Waals surface area contributed by atoms with Crippen LogP contribution in [0.4, 0.5) is 0 Å². The topological polar surface area (TPSA) is 136 Å². The highest BCUT2D eigenvalue weighted by atomic mass is 16.7. The predicted molar refractivity (Wildman–Crippen MR) is 113 cm³/mol. The van der Waals surface area contributed by atoms with Crippen LogP contribution >= 0.6 is 0 Å². The van der Waals surface area contributed by atoms with Crippen molar-refractivity contribution < 1.29 is 47.6 Å². The number of hydrogen-bond donors (Lipinski definition) is 0. The molecular weight excluding hydrogens is 438 g/mol. The Hall–Kier alpha value is -3.47. The molecule has 1 aliphatic rings. The first-order chi connectivity index (χ1) is 15.6. The van der Waals surface area contributed by atoms with Crippen molar-refractivity contribution in [3.05, 3.63) is 29.8 Å². The van der Waals surface area contributed by atoms with Gasteiger partial charge in [0.05, 0.1) is 7.11 Å². The number of benzene rings is 1. The Morgan fingerprint density at radius 2 is 1.45 bits per heavy atom. The molecule has 1 heterocycles. The summed E-state index contributed by atoms with van der Waals surface area (Å²) in [5, 5.41) is 0. The average Bonchev–Trinajstić information content (AvgIpc) is 2.73. The fourth-order valence-corrected chi connectivity index (χ4v) is 3.17. The molecule has 1 aliphatic heterocycles. The van der Waals surface area contributed by atoms with E-state index in [2.05, 4.69) is 4.99 Å². The summed E-state index contributed by atoms with van der Waals surface area (Å²) in [6, 6.07) is 5.84. The first kappa shape index (κ1) is 25.8. The molecule has 0 spiro atoms. The van der Waals surface area contributed by atoms with Crippen LogP contribution in [0.1, 0.15) is 33.3 Å². The highest BCUT2D eigenvalue weighted by Crippen LogP contribution is 2.30. The lowest BCUT2D eigenvalue weighted by Crippen LogP contribution is -2.61. The number of aliphatic imine (C=N–C) groups is 1. The third-order valence-electron chi connectivity index (χ3n) is 4.46. The number of ether oxygens (including phenoxy) is 6. The minimum absolute atomic E-state index is 0.336. The lowest BCUT2D eigenvalue weighted by molar-refractivity contribution is -0.266. The largest absolute Gasteiger partial charge is 0.497 e. The molecular formula is C22H27NO10. The molecule has 1 fully saturated rings. The second-order valence-electron chi connectivity index (χ2n) is 7.14. The first-order valence-corrected chi connectivity index (χ1v) is 10.1. The third-order valence-corrected chi connectivity index (χ3v) is 4.46. The van der Waals surface area contributed by atoms with Gasteiger partial charge in [0.25, 0.3) is 0 Å². The summed E-state index contributed by atoms with van der Waals surface area (Å²) >= 11 is 0. The number of carbonyl (C=O) groups is 4. The van der Waals surface area contributed by atoms with E-state index in [-0.39, 0.29) is 6.61 Å². The molecule has 1 aromatic carbocycles. The van der Waals surface area contributed by atoms with Gasteiger partial charge in [-0.1, -0.05) is 0 Å². The van der Waals surface area contributed by atoms with E-state index in [0.717, 1.165) is 0 Å². The van der Waals surface area contributed by atoms with Crippen LogP contribution in [0.25, 0.3) is 0 Å². The fourth-order valence-electron chi connectivity index (χ4n) is 3.17. The number of hydrogen-bond acceptors (Lipinski definition) is 11. The van der Waals surface area contributed by atoms with Gasteiger partial charge >= 0.3 is 23.9 Å². The molecule has 0 N–H and O–H groups in total. The molecule has 0 aliphatic carbocycles. The van der Waals surface area contributed by atoms with Gasteiger partial charge in [-0.25, -0.2) is 0 Å². The van der Waals surface area contributed by atoms with E-state index >= 15 is 0 Å². The summed E-state index contributed by atoms with van der Waals surface area (Å²) < 4.78 is 32.0.